The third-order valence-corrected chi connectivity index (χ3v) is 1.88. The summed E-state index contributed by atoms with van der Waals surface area (Å²) in [7, 11) is -1.97. The number of rotatable bonds is 6. The maximum atomic E-state index is 10.6. The number of carbonyl (C=O) groups excluding carboxylic acids is 1. The molecule has 0 bridgehead atoms. The highest BCUT2D eigenvalue weighted by molar-refractivity contribution is 7.40. The summed E-state index contributed by atoms with van der Waals surface area (Å²) in [6.45, 7) is 6.74. The van der Waals surface area contributed by atoms with E-state index >= 15 is 0 Å². The van der Waals surface area contributed by atoms with Crippen molar-refractivity contribution in [2.75, 3.05) is 6.61 Å². The number of hydrogen-bond acceptors (Lipinski definition) is 5. The lowest BCUT2D eigenvalue weighted by molar-refractivity contribution is -0.155. The second kappa shape index (κ2) is 6.97. The van der Waals surface area contributed by atoms with Gasteiger partial charge in [-0.1, -0.05) is 6.58 Å². The van der Waals surface area contributed by atoms with Crippen LogP contribution in [-0.4, -0.2) is 23.8 Å². The summed E-state index contributed by atoms with van der Waals surface area (Å²) >= 11 is 0. The van der Waals surface area contributed by atoms with Crippen LogP contribution in [0.15, 0.2) is 12.7 Å². The number of hydrogen-bond donors (Lipinski definition) is 1. The van der Waals surface area contributed by atoms with Gasteiger partial charge in [0.25, 0.3) is 0 Å². The van der Waals surface area contributed by atoms with Gasteiger partial charge in [0.2, 0.25) is 6.29 Å². The molecule has 0 aromatic heterocycles. The average molecular weight is 208 g/mol. The molecule has 0 aliphatic rings. The Kier molecular flexibility index (Phi) is 6.72. The lowest BCUT2D eigenvalue weighted by Crippen LogP contribution is -2.14. The third kappa shape index (κ3) is 6.66. The van der Waals surface area contributed by atoms with Crippen molar-refractivity contribution in [2.45, 2.75) is 20.1 Å². The molecule has 0 radical (unpaired) electrons. The standard InChI is InChI=1S/C7H13O5P/c1-4-7(8)11-6(3)12-13(9)10-5-2/h4,6,9H,1,5H2,2-3H3. The molecule has 6 heteroatoms. The van der Waals surface area contributed by atoms with E-state index < -0.39 is 20.9 Å². The SMILES string of the molecule is C=CC(=O)OC(C)OP(O)OCC. The van der Waals surface area contributed by atoms with Crippen molar-refractivity contribution in [2.24, 2.45) is 0 Å². The van der Waals surface area contributed by atoms with E-state index in [0.717, 1.165) is 6.08 Å². The van der Waals surface area contributed by atoms with Crippen molar-refractivity contribution in [1.29, 1.82) is 0 Å². The lowest BCUT2D eigenvalue weighted by Gasteiger charge is -2.15. The van der Waals surface area contributed by atoms with E-state index in [1.54, 1.807) is 6.92 Å². The van der Waals surface area contributed by atoms with Gasteiger partial charge in [0, 0.05) is 6.08 Å². The third-order valence-electron chi connectivity index (χ3n) is 0.927. The molecule has 0 aromatic carbocycles. The van der Waals surface area contributed by atoms with Crippen molar-refractivity contribution in [1.82, 2.24) is 0 Å². The molecule has 0 rings (SSSR count). The van der Waals surface area contributed by atoms with Crippen LogP contribution in [0.2, 0.25) is 0 Å². The predicted octanol–water partition coefficient (Wildman–Crippen LogP) is 1.33. The zero-order chi connectivity index (χ0) is 10.3. The zero-order valence-corrected chi connectivity index (χ0v) is 8.49. The molecule has 1 N–H and O–H groups in total. The van der Waals surface area contributed by atoms with Crippen molar-refractivity contribution >= 4 is 14.6 Å². The first kappa shape index (κ1) is 12.5. The second-order valence-electron chi connectivity index (χ2n) is 1.97. The van der Waals surface area contributed by atoms with Crippen LogP contribution >= 0.6 is 8.60 Å². The summed E-state index contributed by atoms with van der Waals surface area (Å²) in [5.41, 5.74) is 0. The number of carbonyl (C=O) groups is 1. The van der Waals surface area contributed by atoms with E-state index in [1.165, 1.54) is 6.92 Å². The Morgan fingerprint density at radius 2 is 2.38 bits per heavy atom. The minimum Gasteiger partial charge on any atom is -0.432 e. The molecule has 0 aliphatic heterocycles. The van der Waals surface area contributed by atoms with Gasteiger partial charge in [-0.05, 0) is 13.8 Å². The van der Waals surface area contributed by atoms with Crippen LogP contribution in [0.25, 0.3) is 0 Å². The number of ether oxygens (including phenoxy) is 1. The summed E-state index contributed by atoms with van der Waals surface area (Å²) in [6, 6.07) is 0. The van der Waals surface area contributed by atoms with Gasteiger partial charge in [0.1, 0.15) is 0 Å². The van der Waals surface area contributed by atoms with Gasteiger partial charge in [-0.15, -0.1) is 0 Å². The van der Waals surface area contributed by atoms with Gasteiger partial charge in [0.15, 0.2) is 0 Å². The van der Waals surface area contributed by atoms with Gasteiger partial charge in [0.05, 0.1) is 6.61 Å². The van der Waals surface area contributed by atoms with Gasteiger partial charge in [-0.3, -0.25) is 4.52 Å². The highest BCUT2D eigenvalue weighted by Crippen LogP contribution is 2.34. The second-order valence-corrected chi connectivity index (χ2v) is 2.91. The fraction of sp³-hybridized carbons (Fsp3) is 0.571. The minimum atomic E-state index is -1.97. The molecule has 0 aromatic rings. The Morgan fingerprint density at radius 3 is 2.85 bits per heavy atom. The first-order valence-corrected chi connectivity index (χ1v) is 4.85. The maximum absolute atomic E-state index is 10.6. The Balaban J connectivity index is 3.66. The van der Waals surface area contributed by atoms with Gasteiger partial charge >= 0.3 is 14.6 Å². The molecule has 2 atom stereocenters. The molecule has 5 nitrogen and oxygen atoms in total. The Morgan fingerprint density at radius 1 is 1.77 bits per heavy atom. The summed E-state index contributed by atoms with van der Waals surface area (Å²) < 4.78 is 14.1. The Hall–Kier alpha value is -0.480. The van der Waals surface area contributed by atoms with Crippen LogP contribution in [0.3, 0.4) is 0 Å². The zero-order valence-electron chi connectivity index (χ0n) is 7.60. The summed E-state index contributed by atoms with van der Waals surface area (Å²) in [4.78, 5) is 19.6. The van der Waals surface area contributed by atoms with Gasteiger partial charge in [-0.2, -0.15) is 0 Å². The molecule has 13 heavy (non-hydrogen) atoms. The molecule has 0 amide bonds. The van der Waals surface area contributed by atoms with E-state index in [1.807, 2.05) is 0 Å². The average Bonchev–Trinajstić information content (AvgIpc) is 2.04. The van der Waals surface area contributed by atoms with Crippen LogP contribution < -0.4 is 0 Å². The van der Waals surface area contributed by atoms with Crippen LogP contribution in [0.5, 0.6) is 0 Å². The van der Waals surface area contributed by atoms with Crippen LogP contribution in [0, 0.1) is 0 Å². The maximum Gasteiger partial charge on any atom is 0.333 e. The Labute approximate surface area is 78.3 Å². The Bertz CT molecular complexity index is 172. The molecular weight excluding hydrogens is 195 g/mol. The molecule has 0 heterocycles. The monoisotopic (exact) mass is 208 g/mol. The fourth-order valence-corrected chi connectivity index (χ4v) is 1.08. The van der Waals surface area contributed by atoms with E-state index in [-0.39, 0.29) is 0 Å². The summed E-state index contributed by atoms with van der Waals surface area (Å²) in [5.74, 6) is -0.604. The topological polar surface area (TPSA) is 65.0 Å². The molecule has 0 aliphatic carbocycles. The van der Waals surface area contributed by atoms with Crippen molar-refractivity contribution in [3.05, 3.63) is 12.7 Å². The van der Waals surface area contributed by atoms with Crippen molar-refractivity contribution in [3.8, 4) is 0 Å². The normalized spacial score (nSPS) is 14.7. The quantitative estimate of drug-likeness (QED) is 0.309. The van der Waals surface area contributed by atoms with Crippen LogP contribution in [0.1, 0.15) is 13.8 Å². The molecule has 76 valence electrons. The molecule has 0 fully saturated rings. The first-order valence-electron chi connectivity index (χ1n) is 3.71. The number of esters is 1. The van der Waals surface area contributed by atoms with Crippen molar-refractivity contribution in [3.63, 3.8) is 0 Å². The highest BCUT2D eigenvalue weighted by Gasteiger charge is 2.13. The first-order chi connectivity index (χ1) is 6.10. The minimum absolute atomic E-state index is 0.338. The largest absolute Gasteiger partial charge is 0.432 e. The highest BCUT2D eigenvalue weighted by atomic mass is 31.2. The van der Waals surface area contributed by atoms with Crippen LogP contribution in [-0.2, 0) is 18.6 Å². The van der Waals surface area contributed by atoms with Crippen LogP contribution in [0.4, 0.5) is 0 Å². The lowest BCUT2D eigenvalue weighted by atomic mass is 10.6. The summed E-state index contributed by atoms with van der Waals surface area (Å²) in [5, 5.41) is 0. The smallest absolute Gasteiger partial charge is 0.333 e. The van der Waals surface area contributed by atoms with E-state index in [4.69, 9.17) is 13.9 Å². The molecular formula is C7H13O5P. The summed E-state index contributed by atoms with van der Waals surface area (Å²) in [6.07, 6.45) is 0.174. The van der Waals surface area contributed by atoms with Gasteiger partial charge in [-0.25, -0.2) is 4.79 Å². The fourth-order valence-electron chi connectivity index (χ4n) is 0.501. The van der Waals surface area contributed by atoms with E-state index in [9.17, 15) is 4.79 Å². The molecule has 2 unspecified atom stereocenters. The van der Waals surface area contributed by atoms with Crippen molar-refractivity contribution < 1.29 is 23.5 Å². The van der Waals surface area contributed by atoms with E-state index in [0.29, 0.717) is 6.61 Å². The van der Waals surface area contributed by atoms with Gasteiger partial charge < -0.3 is 14.2 Å². The molecule has 0 saturated heterocycles. The van der Waals surface area contributed by atoms with E-state index in [2.05, 4.69) is 11.3 Å². The predicted molar refractivity (Wildman–Crippen MR) is 47.6 cm³/mol. The molecule has 0 saturated carbocycles. The molecule has 0 spiro atoms.